The Hall–Kier alpha value is -4.21. The van der Waals surface area contributed by atoms with Gasteiger partial charge in [0.1, 0.15) is 72.8 Å². The summed E-state index contributed by atoms with van der Waals surface area (Å²) >= 11 is 13.0. The van der Waals surface area contributed by atoms with Crippen molar-refractivity contribution in [3.05, 3.63) is 23.0 Å². The highest BCUT2D eigenvalue weighted by atomic mass is 35.5. The van der Waals surface area contributed by atoms with Gasteiger partial charge >= 0.3 is 18.2 Å². The Kier molecular flexibility index (Phi) is 22.0. The lowest BCUT2D eigenvalue weighted by Crippen LogP contribution is -2.43. The maximum Gasteiger partial charge on any atom is 0.416 e. The predicted octanol–water partition coefficient (Wildman–Crippen LogP) is 12.3. The second-order valence-electron chi connectivity index (χ2n) is 28.7. The van der Waals surface area contributed by atoms with Crippen LogP contribution in [-0.4, -0.2) is 200 Å². The van der Waals surface area contributed by atoms with E-state index in [1.54, 1.807) is 85.9 Å². The van der Waals surface area contributed by atoms with Gasteiger partial charge in [-0.25, -0.2) is 19.0 Å². The summed E-state index contributed by atoms with van der Waals surface area (Å²) in [5, 5.41) is 8.00. The van der Waals surface area contributed by atoms with Gasteiger partial charge < -0.3 is 66.0 Å². The fourth-order valence-corrected chi connectivity index (χ4v) is 14.8. The maximum atomic E-state index is 13.6. The molecule has 10 atom stereocenters. The zero-order valence-corrected chi connectivity index (χ0v) is 60.4. The lowest BCUT2D eigenvalue weighted by molar-refractivity contribution is -0.206. The summed E-state index contributed by atoms with van der Waals surface area (Å²) < 4.78 is 103. The minimum atomic E-state index is -2.97. The topological polar surface area (TPSA) is 290 Å². The van der Waals surface area contributed by atoms with Crippen LogP contribution in [0.2, 0.25) is 10.6 Å². The van der Waals surface area contributed by atoms with E-state index >= 15 is 0 Å². The van der Waals surface area contributed by atoms with E-state index in [4.69, 9.17) is 80.0 Å². The Morgan fingerprint density at radius 2 is 0.989 bits per heavy atom. The van der Waals surface area contributed by atoms with Crippen LogP contribution in [0.5, 0.6) is 0 Å². The number of aromatic nitrogens is 8. The van der Waals surface area contributed by atoms with E-state index in [9.17, 15) is 23.5 Å². The molecule has 0 radical (unpaired) electrons. The smallest absolute Gasteiger partial charge is 0.416 e. The van der Waals surface area contributed by atoms with Crippen LogP contribution in [0.15, 0.2) is 12.4 Å². The normalized spacial score (nSPS) is 26.2. The molecule has 2 amide bonds. The number of hydrogen-bond donors (Lipinski definition) is 0. The van der Waals surface area contributed by atoms with Crippen LogP contribution < -0.4 is 9.80 Å². The average molecular weight is 1390 g/mol. The van der Waals surface area contributed by atoms with Crippen LogP contribution >= 0.6 is 37.5 Å². The van der Waals surface area contributed by atoms with Crippen LogP contribution in [0.4, 0.5) is 21.2 Å². The summed E-state index contributed by atoms with van der Waals surface area (Å²) in [5.74, 6) is -1.70. The Balaban J connectivity index is 0.000000219. The third-order valence-electron chi connectivity index (χ3n) is 17.6. The molecule has 27 nitrogen and oxygen atoms in total. The standard InChI is InChI=1S/C31H47ClN5O9P.C31H49ClN5O8P/c1-10-41-21(38)15-31(7,47(8,9)40)42-17-20-22-23(45-30(5,6)44-22)26(43-20)37-25-19(16-33-37)24(34-27(32)35-25)36(18-13-11-12-14-18)28(39)46-29(2,3)4;1-10-40-16-15-31(7,46(8,9)39)41-18-21-22-23(44-30(5,6)43-22)26(42-21)37-25-20(17-33-37)24(34-27(32)35-25)36(19-13-11-12-14-19)28(38)45-29(2,3)4/h16,18,20,22-23,26H,10-15,17H2,1-9H3;17,19,21-23,26H,10-16,18H2,1-9H3/t20-,22-,23-,26-,31?;21-,22-,23-,26-,31?/m11/s1. The van der Waals surface area contributed by atoms with E-state index in [0.29, 0.717) is 53.3 Å². The molecule has 520 valence electrons. The fraction of sp³-hybridized carbons (Fsp3) is 0.790. The van der Waals surface area contributed by atoms with Crippen molar-refractivity contribution < 1.29 is 80.4 Å². The number of carbonyl (C=O) groups excluding carboxylic acids is 3. The van der Waals surface area contributed by atoms with Gasteiger partial charge in [-0.2, -0.15) is 30.1 Å². The SMILES string of the molecule is CCOC(=O)CC(C)(OC[C@H]1O[C@@H](n2ncc3c(N(C(=O)OC(C)(C)C)C4CCCC4)nc(Cl)nc32)[C@@H]2OC(C)(C)O[C@@H]21)P(C)(C)=O.CCOCCC(C)(OC[C@H]1O[C@@H](n2ncc3c(N(C(=O)OC(C)(C)C)C4CCCC4)nc(Cl)nc32)[C@@H]2OC(C)(C)O[C@@H]21)P(C)(C)=O. The molecule has 2 unspecified atom stereocenters. The van der Waals surface area contributed by atoms with Gasteiger partial charge in [-0.1, -0.05) is 25.7 Å². The second kappa shape index (κ2) is 28.0. The summed E-state index contributed by atoms with van der Waals surface area (Å²) in [5.41, 5.74) is -0.704. The molecule has 93 heavy (non-hydrogen) atoms. The van der Waals surface area contributed by atoms with Gasteiger partial charge in [0.05, 0.1) is 49.4 Å². The molecule has 4 aromatic rings. The third-order valence-corrected chi connectivity index (χ3v) is 23.2. The molecule has 6 fully saturated rings. The quantitative estimate of drug-likeness (QED) is 0.0246. The molecule has 4 aliphatic heterocycles. The van der Waals surface area contributed by atoms with Crippen LogP contribution in [0.1, 0.15) is 174 Å². The van der Waals surface area contributed by atoms with Gasteiger partial charge in [0.2, 0.25) is 10.6 Å². The molecule has 2 saturated carbocycles. The number of halogens is 2. The van der Waals surface area contributed by atoms with E-state index in [-0.39, 0.29) is 48.9 Å². The highest BCUT2D eigenvalue weighted by Crippen LogP contribution is 2.56. The van der Waals surface area contributed by atoms with Gasteiger partial charge in [0, 0.05) is 31.7 Å². The summed E-state index contributed by atoms with van der Waals surface area (Å²) in [6.45, 7) is 33.2. The summed E-state index contributed by atoms with van der Waals surface area (Å²) in [6.07, 6.45) is 4.49. The maximum absolute atomic E-state index is 13.6. The van der Waals surface area contributed by atoms with Crippen molar-refractivity contribution in [3.8, 4) is 0 Å². The largest absolute Gasteiger partial charge is 0.466 e. The number of rotatable bonds is 21. The van der Waals surface area contributed by atoms with Crippen LogP contribution in [0.3, 0.4) is 0 Å². The van der Waals surface area contributed by atoms with Crippen LogP contribution in [0.25, 0.3) is 22.1 Å². The Labute approximate surface area is 554 Å². The van der Waals surface area contributed by atoms with Crippen molar-refractivity contribution in [1.82, 2.24) is 39.5 Å². The monoisotopic (exact) mass is 1380 g/mol. The zero-order chi connectivity index (χ0) is 68.2. The molecule has 31 heteroatoms. The van der Waals surface area contributed by atoms with Crippen molar-refractivity contribution in [2.45, 2.75) is 256 Å². The number of anilines is 2. The number of amides is 2. The van der Waals surface area contributed by atoms with Gasteiger partial charge in [-0.15, -0.1) is 0 Å². The molecule has 0 N–H and O–H groups in total. The van der Waals surface area contributed by atoms with Crippen LogP contribution in [-0.2, 0) is 70.8 Å². The third kappa shape index (κ3) is 16.5. The molecule has 2 aliphatic carbocycles. The minimum absolute atomic E-state index is 0.0409. The first-order valence-corrected chi connectivity index (χ1v) is 38.2. The van der Waals surface area contributed by atoms with Gasteiger partial charge in [-0.3, -0.25) is 14.6 Å². The highest BCUT2D eigenvalue weighted by molar-refractivity contribution is 7.64. The molecular formula is C62H96Cl2N10O17P2. The first kappa shape index (κ1) is 73.0. The van der Waals surface area contributed by atoms with Gasteiger partial charge in [0.25, 0.3) is 0 Å². The molecule has 10 rings (SSSR count). The number of nitrogens with zero attached hydrogens (tertiary/aromatic N) is 10. The van der Waals surface area contributed by atoms with Crippen molar-refractivity contribution >= 4 is 89.3 Å². The predicted molar refractivity (Wildman–Crippen MR) is 348 cm³/mol. The molecular weight excluding hydrogens is 1290 g/mol. The zero-order valence-electron chi connectivity index (χ0n) is 57.1. The number of hydrogen-bond acceptors (Lipinski definition) is 23. The van der Waals surface area contributed by atoms with E-state index in [2.05, 4.69) is 30.1 Å². The summed E-state index contributed by atoms with van der Waals surface area (Å²) in [7, 11) is -5.67. The van der Waals surface area contributed by atoms with Gasteiger partial charge in [0.15, 0.2) is 47.0 Å². The van der Waals surface area contributed by atoms with Crippen molar-refractivity contribution in [1.29, 1.82) is 0 Å². The Bertz CT molecular complexity index is 3430. The lowest BCUT2D eigenvalue weighted by Gasteiger charge is -2.35. The van der Waals surface area contributed by atoms with Gasteiger partial charge in [-0.05, 0) is 172 Å². The number of esters is 1. The number of fused-ring (bicyclic) bond motifs is 4. The Morgan fingerprint density at radius 3 is 1.35 bits per heavy atom. The molecule has 8 heterocycles. The molecule has 6 aliphatic rings. The molecule has 4 aromatic heterocycles. The molecule has 0 spiro atoms. The molecule has 4 saturated heterocycles. The van der Waals surface area contributed by atoms with Crippen LogP contribution in [0, 0.1) is 0 Å². The van der Waals surface area contributed by atoms with Crippen molar-refractivity contribution in [2.75, 3.05) is 69.5 Å². The van der Waals surface area contributed by atoms with E-state index in [0.717, 1.165) is 51.4 Å². The highest BCUT2D eigenvalue weighted by Gasteiger charge is 2.59. The van der Waals surface area contributed by atoms with Crippen molar-refractivity contribution in [2.24, 2.45) is 0 Å². The fourth-order valence-electron chi connectivity index (χ4n) is 12.6. The summed E-state index contributed by atoms with van der Waals surface area (Å²) in [6, 6.07) is -0.223. The molecule has 0 aromatic carbocycles. The summed E-state index contributed by atoms with van der Waals surface area (Å²) in [4.78, 5) is 60.9. The Morgan fingerprint density at radius 1 is 0.602 bits per heavy atom. The average Bonchev–Trinajstić information content (AvgIpc) is 1.73. The first-order valence-electron chi connectivity index (χ1n) is 32.2. The van der Waals surface area contributed by atoms with E-state index in [1.807, 2.05) is 69.2 Å². The first-order chi connectivity index (χ1) is 43.3. The van der Waals surface area contributed by atoms with E-state index in [1.165, 1.54) is 0 Å². The number of ether oxygens (including phenoxy) is 12. The second-order valence-corrected chi connectivity index (χ2v) is 36.7. The van der Waals surface area contributed by atoms with E-state index < -0.39 is 115 Å². The molecule has 0 bridgehead atoms. The lowest BCUT2D eigenvalue weighted by atomic mass is 10.1. The van der Waals surface area contributed by atoms with Crippen molar-refractivity contribution in [3.63, 3.8) is 0 Å². The number of carbonyl (C=O) groups is 3. The minimum Gasteiger partial charge on any atom is -0.466 e.